The first-order valence-corrected chi connectivity index (χ1v) is 9.03. The zero-order chi connectivity index (χ0) is 16.9. The summed E-state index contributed by atoms with van der Waals surface area (Å²) >= 11 is 0. The van der Waals surface area contributed by atoms with Gasteiger partial charge in [-0.1, -0.05) is 6.07 Å². The lowest BCUT2D eigenvalue weighted by molar-refractivity contribution is 0.171. The van der Waals surface area contributed by atoms with E-state index in [0.29, 0.717) is 13.2 Å². The molecule has 0 radical (unpaired) electrons. The number of ether oxygens (including phenoxy) is 2. The molecular formula is C19H25ClN4O2. The summed E-state index contributed by atoms with van der Waals surface area (Å²) in [6, 6.07) is 6.17. The standard InChI is InChI=1S/C19H24N4O2.ClH/c1-2-8-23(7-1)19-21-13-16(14-22-19)12-20-6-5-15-3-4-17-18(11-15)25-10-9-24-17;/h3-4,11,13-14,20H,1-2,5-10,12H2;1H. The molecule has 140 valence electrons. The summed E-state index contributed by atoms with van der Waals surface area (Å²) in [5.74, 6) is 2.56. The number of nitrogens with one attached hydrogen (secondary N) is 1. The van der Waals surface area contributed by atoms with Crippen LogP contribution in [0, 0.1) is 0 Å². The number of nitrogens with zero attached hydrogens (tertiary/aromatic N) is 3. The molecule has 0 saturated carbocycles. The van der Waals surface area contributed by atoms with E-state index in [4.69, 9.17) is 9.47 Å². The molecule has 1 N–H and O–H groups in total. The number of benzene rings is 1. The number of anilines is 1. The smallest absolute Gasteiger partial charge is 0.225 e. The summed E-state index contributed by atoms with van der Waals surface area (Å²) in [6.45, 7) is 5.09. The Morgan fingerprint density at radius 3 is 2.46 bits per heavy atom. The number of hydrogen-bond acceptors (Lipinski definition) is 6. The van der Waals surface area contributed by atoms with Crippen molar-refractivity contribution in [1.29, 1.82) is 0 Å². The Balaban J connectivity index is 0.00000196. The van der Waals surface area contributed by atoms with E-state index in [1.54, 1.807) is 0 Å². The van der Waals surface area contributed by atoms with Crippen LogP contribution in [-0.2, 0) is 13.0 Å². The van der Waals surface area contributed by atoms with Gasteiger partial charge in [-0.25, -0.2) is 9.97 Å². The molecule has 3 heterocycles. The molecule has 6 nitrogen and oxygen atoms in total. The van der Waals surface area contributed by atoms with Crippen molar-refractivity contribution < 1.29 is 9.47 Å². The van der Waals surface area contributed by atoms with Gasteiger partial charge in [0.05, 0.1) is 0 Å². The normalized spacial score (nSPS) is 15.6. The minimum atomic E-state index is 0. The summed E-state index contributed by atoms with van der Waals surface area (Å²) in [5.41, 5.74) is 2.36. The molecule has 26 heavy (non-hydrogen) atoms. The molecule has 0 bridgehead atoms. The Kier molecular flexibility index (Phi) is 6.52. The zero-order valence-electron chi connectivity index (χ0n) is 14.8. The van der Waals surface area contributed by atoms with Crippen LogP contribution in [0.4, 0.5) is 5.95 Å². The average Bonchev–Trinajstić information content (AvgIpc) is 3.20. The van der Waals surface area contributed by atoms with Gasteiger partial charge in [0.15, 0.2) is 11.5 Å². The molecule has 2 aliphatic rings. The summed E-state index contributed by atoms with van der Waals surface area (Å²) in [4.78, 5) is 11.2. The molecule has 1 aromatic heterocycles. The molecular weight excluding hydrogens is 352 g/mol. The monoisotopic (exact) mass is 376 g/mol. The molecule has 4 rings (SSSR count). The predicted molar refractivity (Wildman–Crippen MR) is 104 cm³/mol. The number of halogens is 1. The molecule has 0 unspecified atom stereocenters. The minimum absolute atomic E-state index is 0. The number of hydrogen-bond donors (Lipinski definition) is 1. The van der Waals surface area contributed by atoms with Crippen molar-refractivity contribution in [2.75, 3.05) is 37.7 Å². The Labute approximate surface area is 160 Å². The molecule has 1 aromatic carbocycles. The maximum Gasteiger partial charge on any atom is 0.225 e. The Morgan fingerprint density at radius 1 is 0.962 bits per heavy atom. The molecule has 2 aliphatic heterocycles. The molecule has 0 atom stereocenters. The van der Waals surface area contributed by atoms with Crippen molar-refractivity contribution in [1.82, 2.24) is 15.3 Å². The molecule has 0 aliphatic carbocycles. The summed E-state index contributed by atoms with van der Waals surface area (Å²) in [7, 11) is 0. The van der Waals surface area contributed by atoms with Gasteiger partial charge in [-0.05, 0) is 43.5 Å². The minimum Gasteiger partial charge on any atom is -0.486 e. The third kappa shape index (κ3) is 4.56. The third-order valence-corrected chi connectivity index (χ3v) is 4.61. The molecule has 0 spiro atoms. The van der Waals surface area contributed by atoms with Gasteiger partial charge in [0.1, 0.15) is 13.2 Å². The van der Waals surface area contributed by atoms with Crippen LogP contribution < -0.4 is 19.7 Å². The van der Waals surface area contributed by atoms with Gasteiger partial charge in [-0.3, -0.25) is 0 Å². The van der Waals surface area contributed by atoms with E-state index in [9.17, 15) is 0 Å². The van der Waals surface area contributed by atoms with Crippen LogP contribution in [0.3, 0.4) is 0 Å². The van der Waals surface area contributed by atoms with Gasteiger partial charge in [0, 0.05) is 37.6 Å². The van der Waals surface area contributed by atoms with Gasteiger partial charge in [-0.2, -0.15) is 0 Å². The topological polar surface area (TPSA) is 59.5 Å². The number of aromatic nitrogens is 2. The quantitative estimate of drug-likeness (QED) is 0.782. The van der Waals surface area contributed by atoms with E-state index in [1.165, 1.54) is 18.4 Å². The van der Waals surface area contributed by atoms with E-state index in [0.717, 1.165) is 55.6 Å². The van der Waals surface area contributed by atoms with Crippen molar-refractivity contribution in [3.63, 3.8) is 0 Å². The lowest BCUT2D eigenvalue weighted by atomic mass is 10.1. The molecule has 1 saturated heterocycles. The zero-order valence-corrected chi connectivity index (χ0v) is 15.6. The first-order valence-electron chi connectivity index (χ1n) is 9.03. The van der Waals surface area contributed by atoms with Crippen molar-refractivity contribution in [3.8, 4) is 11.5 Å². The maximum absolute atomic E-state index is 5.63. The van der Waals surface area contributed by atoms with Gasteiger partial charge < -0.3 is 19.7 Å². The van der Waals surface area contributed by atoms with Crippen molar-refractivity contribution in [2.24, 2.45) is 0 Å². The highest BCUT2D eigenvalue weighted by molar-refractivity contribution is 5.85. The van der Waals surface area contributed by atoms with Crippen molar-refractivity contribution in [2.45, 2.75) is 25.8 Å². The van der Waals surface area contributed by atoms with Crippen LogP contribution >= 0.6 is 12.4 Å². The average molecular weight is 377 g/mol. The SMILES string of the molecule is Cl.c1cc2c(cc1CCNCc1cnc(N3CCCC3)nc1)OCCO2. The summed E-state index contributed by atoms with van der Waals surface area (Å²) in [5, 5.41) is 3.45. The Bertz CT molecular complexity index is 705. The summed E-state index contributed by atoms with van der Waals surface area (Å²) in [6.07, 6.45) is 7.29. The van der Waals surface area contributed by atoms with Gasteiger partial charge in [-0.15, -0.1) is 12.4 Å². The van der Waals surface area contributed by atoms with Crippen molar-refractivity contribution >= 4 is 18.4 Å². The van der Waals surface area contributed by atoms with Crippen LogP contribution in [0.25, 0.3) is 0 Å². The van der Waals surface area contributed by atoms with Gasteiger partial charge in [0.25, 0.3) is 0 Å². The second-order valence-corrected chi connectivity index (χ2v) is 6.49. The second-order valence-electron chi connectivity index (χ2n) is 6.49. The highest BCUT2D eigenvalue weighted by Crippen LogP contribution is 2.30. The van der Waals surface area contributed by atoms with Crippen LogP contribution in [0.15, 0.2) is 30.6 Å². The fraction of sp³-hybridized carbons (Fsp3) is 0.474. The largest absolute Gasteiger partial charge is 0.486 e. The van der Waals surface area contributed by atoms with E-state index < -0.39 is 0 Å². The maximum atomic E-state index is 5.63. The summed E-state index contributed by atoms with van der Waals surface area (Å²) < 4.78 is 11.2. The first-order chi connectivity index (χ1) is 12.4. The Hall–Kier alpha value is -2.05. The highest BCUT2D eigenvalue weighted by Gasteiger charge is 2.14. The Morgan fingerprint density at radius 2 is 1.69 bits per heavy atom. The molecule has 2 aromatic rings. The van der Waals surface area contributed by atoms with Crippen LogP contribution in [-0.4, -0.2) is 42.8 Å². The lowest BCUT2D eigenvalue weighted by Gasteiger charge is -2.18. The van der Waals surface area contributed by atoms with Crippen LogP contribution in [0.1, 0.15) is 24.0 Å². The van der Waals surface area contributed by atoms with Crippen molar-refractivity contribution in [3.05, 3.63) is 41.7 Å². The molecule has 7 heteroatoms. The van der Waals surface area contributed by atoms with E-state index >= 15 is 0 Å². The third-order valence-electron chi connectivity index (χ3n) is 4.61. The van der Waals surface area contributed by atoms with Crippen LogP contribution in [0.2, 0.25) is 0 Å². The molecule has 0 amide bonds. The fourth-order valence-electron chi connectivity index (χ4n) is 3.23. The van der Waals surface area contributed by atoms with Crippen LogP contribution in [0.5, 0.6) is 11.5 Å². The predicted octanol–water partition coefficient (Wildman–Crippen LogP) is 2.60. The van der Waals surface area contributed by atoms with E-state index in [1.807, 2.05) is 18.5 Å². The number of fused-ring (bicyclic) bond motifs is 1. The van der Waals surface area contributed by atoms with E-state index in [-0.39, 0.29) is 12.4 Å². The fourth-order valence-corrected chi connectivity index (χ4v) is 3.23. The van der Waals surface area contributed by atoms with Gasteiger partial charge in [0.2, 0.25) is 5.95 Å². The lowest BCUT2D eigenvalue weighted by Crippen LogP contribution is -2.21. The molecule has 1 fully saturated rings. The second kappa shape index (κ2) is 9.05. The first kappa shape index (κ1) is 18.7. The highest BCUT2D eigenvalue weighted by atomic mass is 35.5. The number of rotatable bonds is 6. The van der Waals surface area contributed by atoms with Gasteiger partial charge >= 0.3 is 0 Å². The van der Waals surface area contributed by atoms with E-state index in [2.05, 4.69) is 32.3 Å².